The lowest BCUT2D eigenvalue weighted by Crippen LogP contribution is -2.58. The summed E-state index contributed by atoms with van der Waals surface area (Å²) in [7, 11) is 0. The van der Waals surface area contributed by atoms with Crippen LogP contribution in [0.4, 0.5) is 10.2 Å². The number of hydrogen-bond donors (Lipinski definition) is 4. The number of nitrogens with one attached hydrogen (secondary N) is 3. The fraction of sp³-hybridized carbons (Fsp3) is 0.250. The van der Waals surface area contributed by atoms with Gasteiger partial charge in [-0.25, -0.2) is 4.39 Å². The highest BCUT2D eigenvalue weighted by Gasteiger charge is 2.37. The highest BCUT2D eigenvalue weighted by atomic mass is 19.1. The summed E-state index contributed by atoms with van der Waals surface area (Å²) in [6, 6.07) is 4.52. The van der Waals surface area contributed by atoms with E-state index < -0.39 is 22.3 Å². The maximum absolute atomic E-state index is 13.1. The van der Waals surface area contributed by atoms with Crippen LogP contribution in [0.1, 0.15) is 24.2 Å². The molecule has 0 amide bonds. The second-order valence-corrected chi connectivity index (χ2v) is 6.09. The Kier molecular flexibility index (Phi) is 4.43. The van der Waals surface area contributed by atoms with Crippen LogP contribution in [-0.4, -0.2) is 25.8 Å². The molecule has 1 unspecified atom stereocenters. The Morgan fingerprint density at radius 1 is 1.46 bits per heavy atom. The first-order chi connectivity index (χ1) is 12.3. The van der Waals surface area contributed by atoms with Gasteiger partial charge in [-0.3, -0.25) is 20.2 Å². The molecule has 0 spiro atoms. The van der Waals surface area contributed by atoms with Gasteiger partial charge >= 0.3 is 5.70 Å². The molecule has 2 aromatic rings. The number of halogens is 1. The van der Waals surface area contributed by atoms with Crippen molar-refractivity contribution in [1.82, 2.24) is 20.5 Å². The van der Waals surface area contributed by atoms with E-state index in [2.05, 4.69) is 25.8 Å². The minimum Gasteiger partial charge on any atom is -0.344 e. The van der Waals surface area contributed by atoms with Crippen LogP contribution in [0.3, 0.4) is 0 Å². The minimum absolute atomic E-state index is 0.112. The molecule has 136 valence electrons. The molecule has 2 aromatic heterocycles. The molecule has 3 rings (SSSR count). The molecule has 10 heteroatoms. The number of H-pyrrole nitrogens is 1. The maximum Gasteiger partial charge on any atom is 0.309 e. The number of rotatable bonds is 5. The Hall–Kier alpha value is -3.27. The van der Waals surface area contributed by atoms with Crippen molar-refractivity contribution in [3.8, 4) is 0 Å². The molecule has 0 bridgehead atoms. The normalized spacial score (nSPS) is 20.6. The largest absolute Gasteiger partial charge is 0.344 e. The fourth-order valence-electron chi connectivity index (χ4n) is 2.62. The molecule has 2 atom stereocenters. The molecule has 0 saturated carbocycles. The van der Waals surface area contributed by atoms with Gasteiger partial charge in [-0.1, -0.05) is 6.92 Å². The van der Waals surface area contributed by atoms with Crippen molar-refractivity contribution in [2.24, 2.45) is 5.73 Å². The first kappa shape index (κ1) is 17.5. The van der Waals surface area contributed by atoms with E-state index in [1.165, 1.54) is 24.3 Å². The monoisotopic (exact) mass is 359 g/mol. The summed E-state index contributed by atoms with van der Waals surface area (Å²) in [5.41, 5.74) is 6.43. The number of aryl methyl sites for hydroxylation is 1. The van der Waals surface area contributed by atoms with Gasteiger partial charge in [0.2, 0.25) is 0 Å². The van der Waals surface area contributed by atoms with Gasteiger partial charge in [-0.05, 0) is 25.1 Å². The van der Waals surface area contributed by atoms with Crippen LogP contribution in [0.15, 0.2) is 48.1 Å². The van der Waals surface area contributed by atoms with Gasteiger partial charge < -0.3 is 16.4 Å². The van der Waals surface area contributed by atoms with Crippen molar-refractivity contribution in [1.29, 1.82) is 0 Å². The number of hydrogen-bond acceptors (Lipinski definition) is 7. The molecule has 0 aliphatic carbocycles. The van der Waals surface area contributed by atoms with Crippen LogP contribution >= 0.6 is 0 Å². The Morgan fingerprint density at radius 2 is 2.23 bits per heavy atom. The van der Waals surface area contributed by atoms with E-state index in [0.29, 0.717) is 11.5 Å². The SMILES string of the molecule is Cc1cc(NC2=C([N+](=O)[O-])C=CC(N)([C@H](C)c3ccc(F)cn3)N2)n[nH]1. The van der Waals surface area contributed by atoms with Crippen molar-refractivity contribution in [3.05, 3.63) is 75.4 Å². The second-order valence-electron chi connectivity index (χ2n) is 6.09. The Bertz CT molecular complexity index is 890. The van der Waals surface area contributed by atoms with E-state index in [1.54, 1.807) is 13.0 Å². The number of anilines is 1. The highest BCUT2D eigenvalue weighted by molar-refractivity contribution is 5.46. The third-order valence-electron chi connectivity index (χ3n) is 4.18. The van der Waals surface area contributed by atoms with E-state index in [1.807, 2.05) is 6.92 Å². The van der Waals surface area contributed by atoms with E-state index in [0.717, 1.165) is 11.9 Å². The number of dihydropyridines is 1. The van der Waals surface area contributed by atoms with Crippen LogP contribution in [0.2, 0.25) is 0 Å². The van der Waals surface area contributed by atoms with Crippen LogP contribution in [-0.2, 0) is 0 Å². The third-order valence-corrected chi connectivity index (χ3v) is 4.18. The number of nitrogens with zero attached hydrogens (tertiary/aromatic N) is 3. The summed E-state index contributed by atoms with van der Waals surface area (Å²) in [6.07, 6.45) is 3.94. The van der Waals surface area contributed by atoms with Gasteiger partial charge in [-0.15, -0.1) is 0 Å². The lowest BCUT2D eigenvalue weighted by atomic mass is 9.89. The maximum atomic E-state index is 13.1. The summed E-state index contributed by atoms with van der Waals surface area (Å²) in [5.74, 6) is -0.327. The molecule has 3 heterocycles. The summed E-state index contributed by atoms with van der Waals surface area (Å²) in [6.45, 7) is 3.61. The van der Waals surface area contributed by atoms with E-state index in [4.69, 9.17) is 5.73 Å². The van der Waals surface area contributed by atoms with Crippen molar-refractivity contribution < 1.29 is 9.31 Å². The topological polar surface area (TPSA) is 135 Å². The van der Waals surface area contributed by atoms with E-state index in [9.17, 15) is 14.5 Å². The van der Waals surface area contributed by atoms with Crippen molar-refractivity contribution >= 4 is 5.82 Å². The summed E-state index contributed by atoms with van der Waals surface area (Å²) in [5, 5.41) is 23.9. The molecule has 0 saturated heterocycles. The summed E-state index contributed by atoms with van der Waals surface area (Å²) >= 11 is 0. The number of allylic oxidation sites excluding steroid dienone is 1. The van der Waals surface area contributed by atoms with Gasteiger partial charge in [0.1, 0.15) is 11.5 Å². The van der Waals surface area contributed by atoms with Gasteiger partial charge in [0, 0.05) is 29.4 Å². The van der Waals surface area contributed by atoms with Gasteiger partial charge in [0.05, 0.1) is 11.1 Å². The van der Waals surface area contributed by atoms with Crippen LogP contribution in [0, 0.1) is 22.9 Å². The Labute approximate surface area is 148 Å². The number of aromatic nitrogens is 3. The molecule has 1 aliphatic heterocycles. The fourth-order valence-corrected chi connectivity index (χ4v) is 2.62. The minimum atomic E-state index is -1.17. The lowest BCUT2D eigenvalue weighted by molar-refractivity contribution is -0.420. The third kappa shape index (κ3) is 3.40. The molecule has 1 aliphatic rings. The molecule has 5 N–H and O–H groups in total. The quantitative estimate of drug-likeness (QED) is 0.471. The van der Waals surface area contributed by atoms with E-state index in [-0.39, 0.29) is 11.5 Å². The predicted octanol–water partition coefficient (Wildman–Crippen LogP) is 1.73. The number of nitrogens with two attached hydrogens (primary N) is 1. The number of nitro groups is 1. The zero-order chi connectivity index (χ0) is 18.9. The molecule has 0 radical (unpaired) electrons. The van der Waals surface area contributed by atoms with Gasteiger partial charge in [0.25, 0.3) is 0 Å². The van der Waals surface area contributed by atoms with Crippen LogP contribution < -0.4 is 16.4 Å². The molecule has 0 fully saturated rings. The molecular weight excluding hydrogens is 341 g/mol. The average molecular weight is 359 g/mol. The van der Waals surface area contributed by atoms with Crippen LogP contribution in [0.25, 0.3) is 0 Å². The standard InChI is InChI=1S/C16H18FN7O2/c1-9-7-14(23-22-9)20-15-13(24(25)26)5-6-16(18,21-15)10(2)12-4-3-11(17)8-19-12/h3-8,10,21H,18H2,1-2H3,(H2,20,22,23)/t10-,16?/m1/s1. The Balaban J connectivity index is 1.90. The van der Waals surface area contributed by atoms with Crippen molar-refractivity contribution in [3.63, 3.8) is 0 Å². The molecule has 26 heavy (non-hydrogen) atoms. The first-order valence-electron chi connectivity index (χ1n) is 7.84. The van der Waals surface area contributed by atoms with Gasteiger partial charge in [0.15, 0.2) is 11.6 Å². The van der Waals surface area contributed by atoms with Crippen LogP contribution in [0.5, 0.6) is 0 Å². The molecule has 0 aromatic carbocycles. The predicted molar refractivity (Wildman–Crippen MR) is 92.8 cm³/mol. The smallest absolute Gasteiger partial charge is 0.309 e. The average Bonchev–Trinajstić information content (AvgIpc) is 2.99. The number of aromatic amines is 1. The summed E-state index contributed by atoms with van der Waals surface area (Å²) < 4.78 is 13.1. The van der Waals surface area contributed by atoms with Crippen molar-refractivity contribution in [2.75, 3.05) is 5.32 Å². The molecular formula is C16H18FN7O2. The zero-order valence-corrected chi connectivity index (χ0v) is 14.2. The Morgan fingerprint density at radius 3 is 2.81 bits per heavy atom. The zero-order valence-electron chi connectivity index (χ0n) is 14.2. The molecule has 9 nitrogen and oxygen atoms in total. The lowest BCUT2D eigenvalue weighted by Gasteiger charge is -2.36. The first-order valence-corrected chi connectivity index (χ1v) is 7.84. The van der Waals surface area contributed by atoms with Gasteiger partial charge in [-0.2, -0.15) is 5.10 Å². The van der Waals surface area contributed by atoms with Crippen molar-refractivity contribution in [2.45, 2.75) is 25.4 Å². The second kappa shape index (κ2) is 6.56. The number of pyridine rings is 1. The van der Waals surface area contributed by atoms with E-state index >= 15 is 0 Å². The highest BCUT2D eigenvalue weighted by Crippen LogP contribution is 2.29. The summed E-state index contributed by atoms with van der Waals surface area (Å²) in [4.78, 5) is 14.9.